The van der Waals surface area contributed by atoms with Crippen LogP contribution < -0.4 is 0 Å². The molecule has 1 rings (SSSR count). The van der Waals surface area contributed by atoms with Crippen molar-refractivity contribution in [1.82, 2.24) is 0 Å². The van der Waals surface area contributed by atoms with Gasteiger partial charge in [-0.3, -0.25) is 0 Å². The number of hydrogen-bond acceptors (Lipinski definition) is 1. The van der Waals surface area contributed by atoms with Gasteiger partial charge in [-0.1, -0.05) is 20.6 Å². The Hall–Kier alpha value is 0.730. The van der Waals surface area contributed by atoms with Gasteiger partial charge in [-0.2, -0.15) is 0 Å². The third-order valence-corrected chi connectivity index (χ3v) is 3.64. The highest BCUT2D eigenvalue weighted by Crippen LogP contribution is 2.28. The molecule has 1 atom stereocenters. The van der Waals surface area contributed by atoms with Gasteiger partial charge in [0.15, 0.2) is 0 Å². The fourth-order valence-corrected chi connectivity index (χ4v) is 2.98. The molecule has 0 amide bonds. The van der Waals surface area contributed by atoms with E-state index in [0.29, 0.717) is 0 Å². The summed E-state index contributed by atoms with van der Waals surface area (Å²) >= 11 is 4.03. The summed E-state index contributed by atoms with van der Waals surface area (Å²) in [7, 11) is 2.64. The van der Waals surface area contributed by atoms with E-state index in [-0.39, 0.29) is 0 Å². The van der Waals surface area contributed by atoms with Crippen LogP contribution in [0.1, 0.15) is 0 Å². The summed E-state index contributed by atoms with van der Waals surface area (Å²) < 4.78 is 1.31. The van der Waals surface area contributed by atoms with Gasteiger partial charge in [-0.15, -0.1) is 11.4 Å². The molecule has 0 saturated heterocycles. The zero-order valence-electron chi connectivity index (χ0n) is 4.67. The third-order valence-electron chi connectivity index (χ3n) is 0.964. The van der Waals surface area contributed by atoms with E-state index >= 15 is 0 Å². The van der Waals surface area contributed by atoms with Gasteiger partial charge in [0.2, 0.25) is 0 Å². The summed E-state index contributed by atoms with van der Waals surface area (Å²) in [4.78, 5) is 1.32. The van der Waals surface area contributed by atoms with Crippen molar-refractivity contribution in [3.63, 3.8) is 0 Å². The summed E-state index contributed by atoms with van der Waals surface area (Å²) in [6, 6.07) is 8.31. The molecule has 1 aromatic carbocycles. The fourth-order valence-electron chi connectivity index (χ4n) is 0.540. The lowest BCUT2D eigenvalue weighted by atomic mass is 10.4. The Balaban J connectivity index is 3.01. The van der Waals surface area contributed by atoms with E-state index < -0.39 is 0 Å². The first-order chi connectivity index (χ1) is 4.34. The van der Waals surface area contributed by atoms with E-state index in [1.807, 2.05) is 6.07 Å². The van der Waals surface area contributed by atoms with Crippen molar-refractivity contribution in [1.29, 1.82) is 0 Å². The van der Waals surface area contributed by atoms with Crippen LogP contribution in [0.25, 0.3) is 0 Å². The molecule has 0 aliphatic heterocycles. The topological polar surface area (TPSA) is 0 Å². The van der Waals surface area contributed by atoms with Crippen LogP contribution in [0.3, 0.4) is 0 Å². The Kier molecular flexibility index (Phi) is 3.30. The van der Waals surface area contributed by atoms with Gasteiger partial charge in [0.1, 0.15) is 0 Å². The van der Waals surface area contributed by atoms with Gasteiger partial charge in [-0.05, 0) is 34.7 Å². The van der Waals surface area contributed by atoms with Crippen LogP contribution in [-0.2, 0) is 0 Å². The van der Waals surface area contributed by atoms with Crippen LogP contribution in [0.2, 0.25) is 0 Å². The molecule has 1 aromatic rings. The molecule has 3 heteroatoms. The summed E-state index contributed by atoms with van der Waals surface area (Å²) in [6.45, 7) is 0. The Labute approximate surface area is 74.9 Å². The molecule has 0 bridgehead atoms. The number of rotatable bonds is 1. The van der Waals surface area contributed by atoms with E-state index in [2.05, 4.69) is 49.2 Å². The molecular weight excluding hydrogens is 262 g/mol. The Bertz CT molecular complexity index is 202. The summed E-state index contributed by atoms with van der Waals surface area (Å²) in [5.74, 6) is 0. The molecule has 9 heavy (non-hydrogen) atoms. The van der Waals surface area contributed by atoms with E-state index in [1.165, 1.54) is 8.47 Å². The van der Waals surface area contributed by atoms with Gasteiger partial charge in [0, 0.05) is 8.47 Å². The van der Waals surface area contributed by atoms with Gasteiger partial charge in [-0.25, -0.2) is 0 Å². The maximum absolute atomic E-state index is 2.64. The highest BCUT2D eigenvalue weighted by Gasteiger charge is 1.92. The predicted molar refractivity (Wildman–Crippen MR) is 54.7 cm³/mol. The molecule has 0 aromatic heterocycles. The molecule has 0 fully saturated rings. The average molecular weight is 268 g/mol. The quantitative estimate of drug-likeness (QED) is 0.557. The van der Waals surface area contributed by atoms with Crippen molar-refractivity contribution in [3.8, 4) is 0 Å². The van der Waals surface area contributed by atoms with Crippen molar-refractivity contribution in [2.45, 2.75) is 4.90 Å². The predicted octanol–water partition coefficient (Wildman–Crippen LogP) is 3.17. The Morgan fingerprint density at radius 3 is 2.44 bits per heavy atom. The molecule has 0 radical (unpaired) electrons. The molecule has 48 valence electrons. The molecule has 0 aliphatic carbocycles. The van der Waals surface area contributed by atoms with Crippen LogP contribution in [-0.4, -0.2) is 0 Å². The van der Waals surface area contributed by atoms with Crippen LogP contribution in [0.4, 0.5) is 0 Å². The summed E-state index contributed by atoms with van der Waals surface area (Å²) in [5, 5.41) is 0. The van der Waals surface area contributed by atoms with Gasteiger partial charge >= 0.3 is 0 Å². The monoisotopic (exact) mass is 268 g/mol. The van der Waals surface area contributed by atoms with E-state index in [4.69, 9.17) is 0 Å². The first-order valence-electron chi connectivity index (χ1n) is 2.46. The second kappa shape index (κ2) is 3.79. The molecule has 0 N–H and O–H groups in total. The molecule has 0 aliphatic rings. The zero-order valence-corrected chi connectivity index (χ0v) is 8.80. The standard InChI is InChI=1S/C6H6IPS/c7-5-3-1-2-4-6(5)9-8/h1-4H,8H2. The SMILES string of the molecule is PSc1ccccc1I. The lowest BCUT2D eigenvalue weighted by Gasteiger charge is -1.95. The van der Waals surface area contributed by atoms with Crippen LogP contribution >= 0.6 is 42.4 Å². The maximum atomic E-state index is 2.64. The summed E-state index contributed by atoms with van der Waals surface area (Å²) in [6.07, 6.45) is 0. The van der Waals surface area contributed by atoms with Gasteiger partial charge in [0.25, 0.3) is 0 Å². The van der Waals surface area contributed by atoms with E-state index in [9.17, 15) is 0 Å². The van der Waals surface area contributed by atoms with Crippen molar-refractivity contribution < 1.29 is 0 Å². The van der Waals surface area contributed by atoms with Crippen molar-refractivity contribution in [2.24, 2.45) is 0 Å². The fraction of sp³-hybridized carbons (Fsp3) is 0. The third kappa shape index (κ3) is 2.10. The van der Waals surface area contributed by atoms with E-state index in [1.54, 1.807) is 11.4 Å². The van der Waals surface area contributed by atoms with Crippen molar-refractivity contribution >= 4 is 42.4 Å². The minimum Gasteiger partial charge on any atom is -0.104 e. The number of hydrogen-bond donors (Lipinski definition) is 0. The highest BCUT2D eigenvalue weighted by molar-refractivity contribution is 14.1. The van der Waals surface area contributed by atoms with E-state index in [0.717, 1.165) is 0 Å². The second-order valence-corrected chi connectivity index (χ2v) is 4.09. The Morgan fingerprint density at radius 1 is 1.33 bits per heavy atom. The normalized spacial score (nSPS) is 9.56. The highest BCUT2D eigenvalue weighted by atomic mass is 127. The molecule has 0 spiro atoms. The molecule has 0 heterocycles. The molecule has 0 nitrogen and oxygen atoms in total. The molecule has 1 unspecified atom stereocenters. The van der Waals surface area contributed by atoms with Crippen molar-refractivity contribution in [2.75, 3.05) is 0 Å². The van der Waals surface area contributed by atoms with Gasteiger partial charge in [0.05, 0.1) is 0 Å². The first-order valence-corrected chi connectivity index (χ1v) is 5.83. The number of benzene rings is 1. The van der Waals surface area contributed by atoms with Crippen LogP contribution in [0, 0.1) is 3.57 Å². The van der Waals surface area contributed by atoms with Crippen molar-refractivity contribution in [3.05, 3.63) is 27.8 Å². The zero-order chi connectivity index (χ0) is 6.69. The lowest BCUT2D eigenvalue weighted by Crippen LogP contribution is -1.71. The van der Waals surface area contributed by atoms with Gasteiger partial charge < -0.3 is 0 Å². The molecule has 0 saturated carbocycles. The first kappa shape index (κ1) is 7.83. The minimum absolute atomic E-state index is 1.31. The van der Waals surface area contributed by atoms with Crippen LogP contribution in [0.5, 0.6) is 0 Å². The maximum Gasteiger partial charge on any atom is 0.0269 e. The second-order valence-electron chi connectivity index (χ2n) is 1.55. The average Bonchev–Trinajstić information content (AvgIpc) is 1.89. The minimum atomic E-state index is 1.31. The molecular formula is C6H6IPS. The smallest absolute Gasteiger partial charge is 0.0269 e. The summed E-state index contributed by atoms with van der Waals surface area (Å²) in [5.41, 5.74) is 0. The van der Waals surface area contributed by atoms with Crippen LogP contribution in [0.15, 0.2) is 29.2 Å². The Morgan fingerprint density at radius 2 is 2.00 bits per heavy atom. The lowest BCUT2D eigenvalue weighted by molar-refractivity contribution is 1.41. The number of halogens is 1. The largest absolute Gasteiger partial charge is 0.104 e.